The molecule has 1 aromatic rings. The molecule has 12 heavy (non-hydrogen) atoms. The predicted octanol–water partition coefficient (Wildman–Crippen LogP) is 0.942. The van der Waals surface area contributed by atoms with Crippen molar-refractivity contribution in [1.82, 2.24) is 10.3 Å². The first-order valence-electron chi connectivity index (χ1n) is 4.54. The van der Waals surface area contributed by atoms with Gasteiger partial charge in [0.25, 0.3) is 0 Å². The van der Waals surface area contributed by atoms with Gasteiger partial charge in [-0.1, -0.05) is 6.07 Å². The second-order valence-electron chi connectivity index (χ2n) is 3.90. The number of rotatable bonds is 1. The van der Waals surface area contributed by atoms with Gasteiger partial charge in [0.2, 0.25) is 0 Å². The van der Waals surface area contributed by atoms with Crippen LogP contribution in [-0.4, -0.2) is 18.1 Å². The number of aromatic nitrogens is 1. The zero-order chi connectivity index (χ0) is 8.02. The molecule has 0 aromatic carbocycles. The molecule has 1 saturated heterocycles. The van der Waals surface area contributed by atoms with Crippen LogP contribution in [0.1, 0.15) is 12.1 Å². The molecule has 1 aliphatic carbocycles. The third-order valence-electron chi connectivity index (χ3n) is 3.24. The summed E-state index contributed by atoms with van der Waals surface area (Å²) in [6.45, 7) is 2.32. The molecular formula is C10H12N2. The molecule has 2 nitrogen and oxygen atoms in total. The van der Waals surface area contributed by atoms with Crippen molar-refractivity contribution >= 4 is 0 Å². The van der Waals surface area contributed by atoms with Crippen LogP contribution in [0.4, 0.5) is 0 Å². The SMILES string of the molecule is c1ccc(C23CNCC2C3)nc1. The van der Waals surface area contributed by atoms with E-state index in [0.29, 0.717) is 5.41 Å². The Hall–Kier alpha value is -0.890. The first-order chi connectivity index (χ1) is 5.92. The molecule has 1 aliphatic heterocycles. The monoisotopic (exact) mass is 160 g/mol. The minimum absolute atomic E-state index is 0.432. The van der Waals surface area contributed by atoms with Crippen molar-refractivity contribution in [2.75, 3.05) is 13.1 Å². The molecule has 1 saturated carbocycles. The van der Waals surface area contributed by atoms with Gasteiger partial charge in [-0.25, -0.2) is 0 Å². The summed E-state index contributed by atoms with van der Waals surface area (Å²) in [5.41, 5.74) is 1.72. The minimum Gasteiger partial charge on any atom is -0.315 e. The third kappa shape index (κ3) is 0.707. The molecule has 2 unspecified atom stereocenters. The van der Waals surface area contributed by atoms with Crippen LogP contribution in [0.5, 0.6) is 0 Å². The lowest BCUT2D eigenvalue weighted by Gasteiger charge is -2.09. The third-order valence-corrected chi connectivity index (χ3v) is 3.24. The van der Waals surface area contributed by atoms with Crippen LogP contribution in [0.2, 0.25) is 0 Å². The molecule has 0 bridgehead atoms. The second-order valence-corrected chi connectivity index (χ2v) is 3.90. The molecular weight excluding hydrogens is 148 g/mol. The van der Waals surface area contributed by atoms with Gasteiger partial charge in [-0.3, -0.25) is 4.98 Å². The van der Waals surface area contributed by atoms with E-state index in [9.17, 15) is 0 Å². The molecule has 0 radical (unpaired) electrons. The highest BCUT2D eigenvalue weighted by Crippen LogP contribution is 2.55. The fraction of sp³-hybridized carbons (Fsp3) is 0.500. The summed E-state index contributed by atoms with van der Waals surface area (Å²) < 4.78 is 0. The Bertz CT molecular complexity index is 296. The van der Waals surface area contributed by atoms with Gasteiger partial charge >= 0.3 is 0 Å². The highest BCUT2D eigenvalue weighted by Gasteiger charge is 2.58. The van der Waals surface area contributed by atoms with Crippen LogP contribution in [0, 0.1) is 5.92 Å². The van der Waals surface area contributed by atoms with E-state index in [4.69, 9.17) is 0 Å². The van der Waals surface area contributed by atoms with Gasteiger partial charge in [0.1, 0.15) is 0 Å². The summed E-state index contributed by atoms with van der Waals surface area (Å²) in [7, 11) is 0. The maximum atomic E-state index is 4.43. The molecule has 0 spiro atoms. The van der Waals surface area contributed by atoms with Crippen molar-refractivity contribution in [3.05, 3.63) is 30.1 Å². The molecule has 2 fully saturated rings. The van der Waals surface area contributed by atoms with E-state index in [1.54, 1.807) is 0 Å². The summed E-state index contributed by atoms with van der Waals surface area (Å²) in [5, 5.41) is 3.42. The van der Waals surface area contributed by atoms with E-state index in [1.165, 1.54) is 18.7 Å². The Morgan fingerprint density at radius 1 is 1.50 bits per heavy atom. The highest BCUT2D eigenvalue weighted by molar-refractivity contribution is 5.31. The number of pyridine rings is 1. The van der Waals surface area contributed by atoms with Crippen molar-refractivity contribution in [2.24, 2.45) is 5.92 Å². The van der Waals surface area contributed by atoms with Crippen molar-refractivity contribution in [1.29, 1.82) is 0 Å². The molecule has 2 heterocycles. The topological polar surface area (TPSA) is 24.9 Å². The number of hydrogen-bond donors (Lipinski definition) is 1. The standard InChI is InChI=1S/C10H12N2/c1-2-4-12-9(3-1)10-5-8(10)6-11-7-10/h1-4,8,11H,5-7H2. The van der Waals surface area contributed by atoms with E-state index in [2.05, 4.69) is 22.4 Å². The molecule has 2 aliphatic rings. The van der Waals surface area contributed by atoms with Crippen molar-refractivity contribution in [2.45, 2.75) is 11.8 Å². The molecule has 1 N–H and O–H groups in total. The fourth-order valence-electron chi connectivity index (χ4n) is 2.40. The van der Waals surface area contributed by atoms with Crippen LogP contribution >= 0.6 is 0 Å². The summed E-state index contributed by atoms with van der Waals surface area (Å²) in [6, 6.07) is 6.23. The average molecular weight is 160 g/mol. The van der Waals surface area contributed by atoms with Crippen molar-refractivity contribution in [3.8, 4) is 0 Å². The van der Waals surface area contributed by atoms with Gasteiger partial charge in [-0.15, -0.1) is 0 Å². The summed E-state index contributed by atoms with van der Waals surface area (Å²) in [5.74, 6) is 0.868. The molecule has 2 atom stereocenters. The minimum atomic E-state index is 0.432. The first kappa shape index (κ1) is 6.61. The lowest BCUT2D eigenvalue weighted by Crippen LogP contribution is -2.19. The van der Waals surface area contributed by atoms with E-state index < -0.39 is 0 Å². The lowest BCUT2D eigenvalue weighted by atomic mass is 10.0. The maximum Gasteiger partial charge on any atom is 0.0481 e. The van der Waals surface area contributed by atoms with Gasteiger partial charge in [-0.05, 0) is 31.0 Å². The number of nitrogens with one attached hydrogen (secondary N) is 1. The lowest BCUT2D eigenvalue weighted by molar-refractivity contribution is 0.657. The first-order valence-corrected chi connectivity index (χ1v) is 4.54. The van der Waals surface area contributed by atoms with Gasteiger partial charge in [-0.2, -0.15) is 0 Å². The number of hydrogen-bond acceptors (Lipinski definition) is 2. The Morgan fingerprint density at radius 2 is 2.50 bits per heavy atom. The molecule has 3 rings (SSSR count). The number of fused-ring (bicyclic) bond motifs is 1. The average Bonchev–Trinajstić information content (AvgIpc) is 2.72. The van der Waals surface area contributed by atoms with Gasteiger partial charge in [0, 0.05) is 23.9 Å². The Kier molecular flexibility index (Phi) is 1.14. The maximum absolute atomic E-state index is 4.43. The summed E-state index contributed by atoms with van der Waals surface area (Å²) >= 11 is 0. The van der Waals surface area contributed by atoms with E-state index >= 15 is 0 Å². The molecule has 2 heteroatoms. The van der Waals surface area contributed by atoms with Crippen LogP contribution < -0.4 is 5.32 Å². The van der Waals surface area contributed by atoms with Crippen molar-refractivity contribution in [3.63, 3.8) is 0 Å². The van der Waals surface area contributed by atoms with Crippen LogP contribution in [-0.2, 0) is 5.41 Å². The zero-order valence-electron chi connectivity index (χ0n) is 6.96. The molecule has 0 amide bonds. The van der Waals surface area contributed by atoms with E-state index in [0.717, 1.165) is 12.5 Å². The largest absolute Gasteiger partial charge is 0.315 e. The van der Waals surface area contributed by atoms with Gasteiger partial charge < -0.3 is 5.32 Å². The Labute approximate surface area is 72.0 Å². The summed E-state index contributed by atoms with van der Waals surface area (Å²) in [4.78, 5) is 4.43. The van der Waals surface area contributed by atoms with Crippen LogP contribution in [0.3, 0.4) is 0 Å². The summed E-state index contributed by atoms with van der Waals surface area (Å²) in [6.07, 6.45) is 3.24. The van der Waals surface area contributed by atoms with Crippen LogP contribution in [0.15, 0.2) is 24.4 Å². The van der Waals surface area contributed by atoms with E-state index in [-0.39, 0.29) is 0 Å². The van der Waals surface area contributed by atoms with Gasteiger partial charge in [0.05, 0.1) is 0 Å². The predicted molar refractivity (Wildman–Crippen MR) is 46.9 cm³/mol. The fourth-order valence-corrected chi connectivity index (χ4v) is 2.40. The van der Waals surface area contributed by atoms with Crippen LogP contribution in [0.25, 0.3) is 0 Å². The Morgan fingerprint density at radius 3 is 3.08 bits per heavy atom. The smallest absolute Gasteiger partial charge is 0.0481 e. The Balaban J connectivity index is 2.00. The van der Waals surface area contributed by atoms with Crippen molar-refractivity contribution < 1.29 is 0 Å². The number of nitrogens with zero attached hydrogens (tertiary/aromatic N) is 1. The second kappa shape index (κ2) is 2.07. The number of piperidine rings is 1. The van der Waals surface area contributed by atoms with E-state index in [1.807, 2.05) is 12.3 Å². The zero-order valence-corrected chi connectivity index (χ0v) is 6.96. The van der Waals surface area contributed by atoms with Gasteiger partial charge in [0.15, 0.2) is 0 Å². The molecule has 1 aromatic heterocycles. The highest BCUT2D eigenvalue weighted by atomic mass is 15.0. The normalized spacial score (nSPS) is 37.8. The molecule has 62 valence electrons. The quantitative estimate of drug-likeness (QED) is 0.661.